The van der Waals surface area contributed by atoms with Crippen molar-refractivity contribution in [2.75, 3.05) is 0 Å². The van der Waals surface area contributed by atoms with Crippen LogP contribution in [0.4, 0.5) is 0 Å². The van der Waals surface area contributed by atoms with Crippen LogP contribution in [0.1, 0.15) is 11.4 Å². The van der Waals surface area contributed by atoms with E-state index in [-0.39, 0.29) is 0 Å². The number of hydrogen-bond donors (Lipinski definition) is 0. The van der Waals surface area contributed by atoms with Crippen LogP contribution in [0.2, 0.25) is 5.02 Å². The zero-order valence-electron chi connectivity index (χ0n) is 12.6. The van der Waals surface area contributed by atoms with Crippen molar-refractivity contribution in [3.05, 3.63) is 71.0 Å². The number of aromatic nitrogens is 4. The van der Waals surface area contributed by atoms with Crippen LogP contribution in [0.25, 0.3) is 15.5 Å². The number of benzene rings is 2. The monoisotopic (exact) mass is 372 g/mol. The molecule has 0 aliphatic carbocycles. The maximum atomic E-state index is 5.94. The minimum Gasteiger partial charge on any atom is -0.186 e. The van der Waals surface area contributed by atoms with E-state index in [1.807, 2.05) is 46.6 Å². The van der Waals surface area contributed by atoms with Crippen LogP contribution in [0.3, 0.4) is 0 Å². The molecule has 7 heteroatoms. The summed E-state index contributed by atoms with van der Waals surface area (Å²) in [5, 5.41) is 14.8. The molecular formula is C17H13ClN4S2. The molecule has 4 rings (SSSR count). The Morgan fingerprint density at radius 1 is 0.958 bits per heavy atom. The predicted molar refractivity (Wildman–Crippen MR) is 101 cm³/mol. The van der Waals surface area contributed by atoms with E-state index in [1.165, 1.54) is 16.9 Å². The molecule has 2 heterocycles. The number of rotatable bonds is 5. The van der Waals surface area contributed by atoms with Crippen LogP contribution in [-0.4, -0.2) is 19.8 Å². The quantitative estimate of drug-likeness (QED) is 0.497. The van der Waals surface area contributed by atoms with E-state index in [4.69, 9.17) is 11.6 Å². The summed E-state index contributed by atoms with van der Waals surface area (Å²) in [6, 6.07) is 18.1. The smallest absolute Gasteiger partial charge is 0.186 e. The highest BCUT2D eigenvalue weighted by Crippen LogP contribution is 2.27. The van der Waals surface area contributed by atoms with Gasteiger partial charge in [-0.25, -0.2) is 0 Å². The summed E-state index contributed by atoms with van der Waals surface area (Å²) in [6.07, 6.45) is 0. The van der Waals surface area contributed by atoms with Crippen LogP contribution in [0, 0.1) is 0 Å². The van der Waals surface area contributed by atoms with Crippen molar-refractivity contribution in [1.82, 2.24) is 19.8 Å². The fourth-order valence-corrected chi connectivity index (χ4v) is 4.17. The Hall–Kier alpha value is -1.89. The minimum atomic E-state index is 0.722. The number of nitrogens with zero attached hydrogens (tertiary/aromatic N) is 4. The molecule has 0 saturated carbocycles. The first-order valence-corrected chi connectivity index (χ1v) is 9.73. The highest BCUT2D eigenvalue weighted by atomic mass is 35.5. The highest BCUT2D eigenvalue weighted by molar-refractivity contribution is 7.97. The van der Waals surface area contributed by atoms with Crippen LogP contribution in [0.5, 0.6) is 0 Å². The van der Waals surface area contributed by atoms with Gasteiger partial charge in [-0.3, -0.25) is 0 Å². The summed E-state index contributed by atoms with van der Waals surface area (Å²) in [5.74, 6) is 2.60. The van der Waals surface area contributed by atoms with Crippen molar-refractivity contribution in [2.45, 2.75) is 11.5 Å². The van der Waals surface area contributed by atoms with Crippen LogP contribution in [0.15, 0.2) is 54.6 Å². The van der Waals surface area contributed by atoms with Gasteiger partial charge in [0, 0.05) is 16.3 Å². The topological polar surface area (TPSA) is 43.1 Å². The van der Waals surface area contributed by atoms with Crippen molar-refractivity contribution in [3.63, 3.8) is 0 Å². The van der Waals surface area contributed by atoms with E-state index >= 15 is 0 Å². The second kappa shape index (κ2) is 6.93. The molecule has 24 heavy (non-hydrogen) atoms. The number of thioether (sulfide) groups is 1. The fraction of sp³-hybridized carbons (Fsp3) is 0.118. The van der Waals surface area contributed by atoms with Crippen LogP contribution < -0.4 is 0 Å². The molecule has 0 bridgehead atoms. The molecule has 4 aromatic rings. The molecule has 2 aromatic heterocycles. The van der Waals surface area contributed by atoms with E-state index < -0.39 is 0 Å². The van der Waals surface area contributed by atoms with Gasteiger partial charge < -0.3 is 0 Å². The fourth-order valence-electron chi connectivity index (χ4n) is 2.29. The number of halogens is 1. The maximum absolute atomic E-state index is 5.94. The van der Waals surface area contributed by atoms with Crippen molar-refractivity contribution < 1.29 is 0 Å². The van der Waals surface area contributed by atoms with Crippen molar-refractivity contribution >= 4 is 39.7 Å². The average Bonchev–Trinajstić information content (AvgIpc) is 3.18. The van der Waals surface area contributed by atoms with Gasteiger partial charge in [-0.15, -0.1) is 22.0 Å². The number of hydrogen-bond acceptors (Lipinski definition) is 5. The van der Waals surface area contributed by atoms with E-state index in [9.17, 15) is 0 Å². The zero-order valence-corrected chi connectivity index (χ0v) is 15.0. The zero-order chi connectivity index (χ0) is 16.4. The predicted octanol–water partition coefficient (Wildman–Crippen LogP) is 4.94. The van der Waals surface area contributed by atoms with Crippen LogP contribution in [-0.2, 0) is 11.5 Å². The van der Waals surface area contributed by atoms with Crippen LogP contribution >= 0.6 is 34.7 Å². The van der Waals surface area contributed by atoms with E-state index in [0.29, 0.717) is 0 Å². The molecule has 2 aromatic carbocycles. The molecule has 0 fully saturated rings. The van der Waals surface area contributed by atoms with Gasteiger partial charge in [-0.05, 0) is 17.7 Å². The molecule has 0 spiro atoms. The van der Waals surface area contributed by atoms with Gasteiger partial charge in [-0.1, -0.05) is 65.4 Å². The second-order valence-electron chi connectivity index (χ2n) is 5.20. The van der Waals surface area contributed by atoms with Crippen molar-refractivity contribution in [1.29, 1.82) is 0 Å². The first-order valence-electron chi connectivity index (χ1n) is 7.38. The largest absolute Gasteiger partial charge is 0.235 e. The third-order valence-electron chi connectivity index (χ3n) is 3.49. The van der Waals surface area contributed by atoms with Crippen molar-refractivity contribution in [3.8, 4) is 10.6 Å². The lowest BCUT2D eigenvalue weighted by Crippen LogP contribution is -1.94. The molecule has 0 aliphatic rings. The van der Waals surface area contributed by atoms with Gasteiger partial charge in [0.2, 0.25) is 4.96 Å². The Morgan fingerprint density at radius 2 is 1.75 bits per heavy atom. The standard InChI is InChI=1S/C17H13ClN4S2/c18-14-8-6-13(7-9-14)16-21-22-15(19-20-17(22)24-16)11-23-10-12-4-2-1-3-5-12/h1-9H,10-11H2. The molecule has 0 amide bonds. The summed E-state index contributed by atoms with van der Waals surface area (Å²) in [5.41, 5.74) is 2.35. The molecule has 0 unspecified atom stereocenters. The summed E-state index contributed by atoms with van der Waals surface area (Å²) in [7, 11) is 0. The van der Waals surface area contributed by atoms with Gasteiger partial charge in [0.1, 0.15) is 5.01 Å². The average molecular weight is 373 g/mol. The molecule has 0 aliphatic heterocycles. The lowest BCUT2D eigenvalue weighted by molar-refractivity contribution is 0.887. The lowest BCUT2D eigenvalue weighted by atomic mass is 10.2. The van der Waals surface area contributed by atoms with E-state index in [0.717, 1.165) is 37.9 Å². The van der Waals surface area contributed by atoms with Gasteiger partial charge in [-0.2, -0.15) is 9.61 Å². The van der Waals surface area contributed by atoms with E-state index in [2.05, 4.69) is 39.6 Å². The molecule has 0 radical (unpaired) electrons. The minimum absolute atomic E-state index is 0.722. The van der Waals surface area contributed by atoms with Gasteiger partial charge in [0.25, 0.3) is 0 Å². The van der Waals surface area contributed by atoms with Crippen molar-refractivity contribution in [2.24, 2.45) is 0 Å². The molecule has 0 N–H and O–H groups in total. The Balaban J connectivity index is 1.51. The maximum Gasteiger partial charge on any atom is 0.235 e. The van der Waals surface area contributed by atoms with Gasteiger partial charge in [0.15, 0.2) is 5.82 Å². The molecule has 4 nitrogen and oxygen atoms in total. The lowest BCUT2D eigenvalue weighted by Gasteiger charge is -2.00. The molecule has 120 valence electrons. The second-order valence-corrected chi connectivity index (χ2v) is 7.58. The summed E-state index contributed by atoms with van der Waals surface area (Å²) >= 11 is 9.28. The number of fused-ring (bicyclic) bond motifs is 1. The van der Waals surface area contributed by atoms with E-state index in [1.54, 1.807) is 0 Å². The Bertz CT molecular complexity index is 948. The van der Waals surface area contributed by atoms with Gasteiger partial charge in [0.05, 0.1) is 5.75 Å². The summed E-state index contributed by atoms with van der Waals surface area (Å²) < 4.78 is 1.84. The summed E-state index contributed by atoms with van der Waals surface area (Å²) in [4.78, 5) is 0.815. The molecule has 0 atom stereocenters. The van der Waals surface area contributed by atoms with Gasteiger partial charge >= 0.3 is 0 Å². The Labute approximate surface area is 152 Å². The first-order chi connectivity index (χ1) is 11.8. The summed E-state index contributed by atoms with van der Waals surface area (Å²) in [6.45, 7) is 0. The third-order valence-corrected chi connectivity index (χ3v) is 5.69. The highest BCUT2D eigenvalue weighted by Gasteiger charge is 2.13. The first kappa shape index (κ1) is 15.6. The Kier molecular flexibility index (Phi) is 4.51. The molecular weight excluding hydrogens is 360 g/mol. The Morgan fingerprint density at radius 3 is 2.54 bits per heavy atom. The normalized spacial score (nSPS) is 11.2. The third kappa shape index (κ3) is 3.31. The molecule has 0 saturated heterocycles. The SMILES string of the molecule is Clc1ccc(-c2nn3c(CSCc4ccccc4)nnc3s2)cc1.